The molecule has 0 radical (unpaired) electrons. The van der Waals surface area contributed by atoms with Gasteiger partial charge < -0.3 is 25.2 Å². The summed E-state index contributed by atoms with van der Waals surface area (Å²) in [5, 5.41) is 35.2. The second-order valence-corrected chi connectivity index (χ2v) is 2.17. The minimum absolute atomic E-state index is 0. The first-order chi connectivity index (χ1) is 6.49. The van der Waals surface area contributed by atoms with Gasteiger partial charge >= 0.3 is 18.9 Å². The number of carboxylic acids is 1. The molecular weight excluding hydrogens is 195 g/mol. The van der Waals surface area contributed by atoms with E-state index in [4.69, 9.17) is 25.2 Å². The molecule has 15 heavy (non-hydrogen) atoms. The first-order valence-corrected chi connectivity index (χ1v) is 3.52. The number of aromatic hydroxyl groups is 3. The molecule has 0 bridgehead atoms. The first kappa shape index (κ1) is 15.9. The van der Waals surface area contributed by atoms with Crippen LogP contribution < -0.4 is 24.0 Å². The van der Waals surface area contributed by atoms with Crippen LogP contribution in [0, 0.1) is 0 Å². The number of para-hydroxylation sites is 1. The van der Waals surface area contributed by atoms with Crippen molar-refractivity contribution in [1.29, 1.82) is 0 Å². The fraction of sp³-hybridized carbons (Fsp3) is 0. The van der Waals surface area contributed by atoms with Crippen molar-refractivity contribution in [2.24, 2.45) is 0 Å². The molecule has 0 aromatic heterocycles. The van der Waals surface area contributed by atoms with Crippen molar-refractivity contribution in [1.82, 2.24) is 0 Å². The van der Waals surface area contributed by atoms with Crippen LogP contribution in [0.4, 0.5) is 0 Å². The Kier molecular flexibility index (Phi) is 8.25. The number of phenolic OH excluding ortho intramolecular Hbond substituents is 3. The van der Waals surface area contributed by atoms with Gasteiger partial charge in [0.25, 0.3) is 0 Å². The summed E-state index contributed by atoms with van der Waals surface area (Å²) in [6.07, 6.45) is 0.722. The molecule has 0 heterocycles. The van der Waals surface area contributed by atoms with Gasteiger partial charge in [0.15, 0.2) is 17.2 Å². The molecular formula is C9H9LiO5. The van der Waals surface area contributed by atoms with Gasteiger partial charge in [0.1, 0.15) is 0 Å². The van der Waals surface area contributed by atoms with Crippen LogP contribution in [-0.2, 0) is 4.79 Å². The van der Waals surface area contributed by atoms with Crippen LogP contribution in [0.15, 0.2) is 30.9 Å². The van der Waals surface area contributed by atoms with Crippen LogP contribution in [0.25, 0.3) is 0 Å². The average molecular weight is 204 g/mol. The number of benzene rings is 1. The van der Waals surface area contributed by atoms with Crippen LogP contribution in [0.1, 0.15) is 0 Å². The quantitative estimate of drug-likeness (QED) is 0.253. The molecule has 0 atom stereocenters. The van der Waals surface area contributed by atoms with Crippen LogP contribution in [-0.4, -0.2) is 21.3 Å². The molecule has 6 heteroatoms. The molecule has 0 spiro atoms. The van der Waals surface area contributed by atoms with Gasteiger partial charge in [-0.2, -0.15) is 0 Å². The number of rotatable bonds is 1. The summed E-state index contributed by atoms with van der Waals surface area (Å²) in [5.41, 5.74) is 0. The Labute approximate surface area is 98.5 Å². The molecule has 1 rings (SSSR count). The monoisotopic (exact) mass is 204 g/mol. The summed E-state index contributed by atoms with van der Waals surface area (Å²) >= 11 is 0. The predicted molar refractivity (Wildman–Crippen MR) is 46.6 cm³/mol. The van der Waals surface area contributed by atoms with Crippen molar-refractivity contribution in [3.63, 3.8) is 0 Å². The van der Waals surface area contributed by atoms with Gasteiger partial charge in [-0.3, -0.25) is 0 Å². The van der Waals surface area contributed by atoms with E-state index in [1.54, 1.807) is 0 Å². The largest absolute Gasteiger partial charge is 1.00 e. The number of phenols is 3. The van der Waals surface area contributed by atoms with Gasteiger partial charge in [-0.05, 0) is 18.2 Å². The van der Waals surface area contributed by atoms with Crippen molar-refractivity contribution in [3.8, 4) is 17.2 Å². The standard InChI is InChI=1S/C6H6O3.C3H4O2.Li/c7-4-2-1-3-5(8)6(4)9;1-2-3(4)5;/h1-3,7-9H;2H,1H2,(H,4,5);/q;;+1/p-1. The van der Waals surface area contributed by atoms with Crippen molar-refractivity contribution in [2.75, 3.05) is 0 Å². The molecule has 0 saturated heterocycles. The Bertz CT molecular complexity index is 317. The zero-order chi connectivity index (χ0) is 11.1. The van der Waals surface area contributed by atoms with Crippen molar-refractivity contribution < 1.29 is 44.1 Å². The van der Waals surface area contributed by atoms with Crippen LogP contribution >= 0.6 is 0 Å². The molecule has 0 unspecified atom stereocenters. The second kappa shape index (κ2) is 7.80. The molecule has 0 aliphatic rings. The molecule has 0 aliphatic carbocycles. The van der Waals surface area contributed by atoms with Crippen molar-refractivity contribution in [3.05, 3.63) is 30.9 Å². The van der Waals surface area contributed by atoms with Gasteiger partial charge in [-0.15, -0.1) is 0 Å². The SMILES string of the molecule is C=CC(=O)[O-].Oc1cccc(O)c1O.[Li+]. The Balaban J connectivity index is 0. The summed E-state index contributed by atoms with van der Waals surface area (Å²) in [6.45, 7) is 2.90. The van der Waals surface area contributed by atoms with E-state index in [0.717, 1.165) is 6.08 Å². The maximum absolute atomic E-state index is 9.14. The average Bonchev–Trinajstić information content (AvgIpc) is 2.15. The molecule has 5 nitrogen and oxygen atoms in total. The first-order valence-electron chi connectivity index (χ1n) is 3.52. The fourth-order valence-electron chi connectivity index (χ4n) is 0.519. The minimum atomic E-state index is -1.23. The number of hydrogen-bond donors (Lipinski definition) is 3. The molecule has 0 saturated carbocycles. The van der Waals surface area contributed by atoms with Crippen LogP contribution in [0.3, 0.4) is 0 Å². The van der Waals surface area contributed by atoms with E-state index in [1.807, 2.05) is 0 Å². The normalized spacial score (nSPS) is 7.73. The molecule has 0 amide bonds. The molecule has 1 aromatic rings. The predicted octanol–water partition coefficient (Wildman–Crippen LogP) is -3.27. The van der Waals surface area contributed by atoms with Gasteiger partial charge in [0, 0.05) is 0 Å². The summed E-state index contributed by atoms with van der Waals surface area (Å²) < 4.78 is 0. The minimum Gasteiger partial charge on any atom is -0.545 e. The van der Waals surface area contributed by atoms with E-state index < -0.39 is 11.7 Å². The van der Waals surface area contributed by atoms with Crippen LogP contribution in [0.2, 0.25) is 0 Å². The van der Waals surface area contributed by atoms with E-state index in [0.29, 0.717) is 0 Å². The smallest absolute Gasteiger partial charge is 0.545 e. The van der Waals surface area contributed by atoms with Crippen LogP contribution in [0.5, 0.6) is 17.2 Å². The molecule has 0 fully saturated rings. The topological polar surface area (TPSA) is 101 Å². The number of hydrogen-bond acceptors (Lipinski definition) is 5. The van der Waals surface area contributed by atoms with Crippen molar-refractivity contribution >= 4 is 5.97 Å². The maximum atomic E-state index is 9.14. The summed E-state index contributed by atoms with van der Waals surface area (Å²) in [6, 6.07) is 4.01. The second-order valence-electron chi connectivity index (χ2n) is 2.17. The van der Waals surface area contributed by atoms with Gasteiger partial charge in [0.2, 0.25) is 0 Å². The molecule has 1 aromatic carbocycles. The van der Waals surface area contributed by atoms with Gasteiger partial charge in [-0.25, -0.2) is 0 Å². The van der Waals surface area contributed by atoms with E-state index in [1.165, 1.54) is 18.2 Å². The van der Waals surface area contributed by atoms with E-state index in [2.05, 4.69) is 6.58 Å². The Hall–Kier alpha value is -1.57. The number of carboxylic acid groups (broad SMARTS) is 1. The molecule has 3 N–H and O–H groups in total. The Morgan fingerprint density at radius 3 is 1.80 bits per heavy atom. The Morgan fingerprint density at radius 1 is 1.27 bits per heavy atom. The third-order valence-corrected chi connectivity index (χ3v) is 1.16. The van der Waals surface area contributed by atoms with Gasteiger partial charge in [-0.1, -0.05) is 12.6 Å². The number of aliphatic carboxylic acids is 1. The third kappa shape index (κ3) is 6.49. The number of carbonyl (C=O) groups is 1. The van der Waals surface area contributed by atoms with Gasteiger partial charge in [0.05, 0.1) is 5.97 Å². The molecule has 0 aliphatic heterocycles. The fourth-order valence-corrected chi connectivity index (χ4v) is 0.519. The van der Waals surface area contributed by atoms with E-state index >= 15 is 0 Å². The number of carbonyl (C=O) groups excluding carboxylic acids is 1. The summed E-state index contributed by atoms with van der Waals surface area (Å²) in [5.74, 6) is -2.33. The molecule has 76 valence electrons. The van der Waals surface area contributed by atoms with Crippen molar-refractivity contribution in [2.45, 2.75) is 0 Å². The third-order valence-electron chi connectivity index (χ3n) is 1.16. The zero-order valence-corrected chi connectivity index (χ0v) is 8.17. The van der Waals surface area contributed by atoms with E-state index in [-0.39, 0.29) is 30.4 Å². The summed E-state index contributed by atoms with van der Waals surface area (Å²) in [4.78, 5) is 9.14. The zero-order valence-electron chi connectivity index (χ0n) is 8.17. The maximum Gasteiger partial charge on any atom is 1.00 e. The Morgan fingerprint density at radius 2 is 1.60 bits per heavy atom. The summed E-state index contributed by atoms with van der Waals surface area (Å²) in [7, 11) is 0. The van der Waals surface area contributed by atoms with E-state index in [9.17, 15) is 0 Å².